The Balaban J connectivity index is 1.53. The Morgan fingerprint density at radius 3 is 2.70 bits per heavy atom. The molecule has 7 heteroatoms. The van der Waals surface area contributed by atoms with Crippen LogP contribution in [0.3, 0.4) is 0 Å². The summed E-state index contributed by atoms with van der Waals surface area (Å²) in [6.45, 7) is 3.78. The highest BCUT2D eigenvalue weighted by atomic mass is 16.5. The van der Waals surface area contributed by atoms with Crippen molar-refractivity contribution in [1.82, 2.24) is 10.2 Å². The molecule has 0 bridgehead atoms. The summed E-state index contributed by atoms with van der Waals surface area (Å²) in [6, 6.07) is 16.5. The molecule has 0 aliphatic carbocycles. The van der Waals surface area contributed by atoms with Crippen molar-refractivity contribution >= 4 is 17.5 Å². The second kappa shape index (κ2) is 8.41. The van der Waals surface area contributed by atoms with E-state index >= 15 is 0 Å². The quantitative estimate of drug-likeness (QED) is 0.627. The molecule has 1 atom stereocenters. The summed E-state index contributed by atoms with van der Waals surface area (Å²) in [5.74, 6) is 0.544. The molecule has 0 unspecified atom stereocenters. The Morgan fingerprint density at radius 1 is 1.20 bits per heavy atom. The number of carbonyl (C=O) groups is 1. The number of phenolic OH excluding ortho intramolecular Hbond substituents is 1. The lowest BCUT2D eigenvalue weighted by molar-refractivity contribution is 0.0526. The first-order chi connectivity index (χ1) is 14.6. The minimum absolute atomic E-state index is 0.156. The largest absolute Gasteiger partial charge is 0.507 e. The number of carbonyl (C=O) groups excluding carboxylic acids is 1. The van der Waals surface area contributed by atoms with Crippen molar-refractivity contribution in [3.05, 3.63) is 65.7 Å². The molecular weight excluding hydrogens is 380 g/mol. The van der Waals surface area contributed by atoms with E-state index in [2.05, 4.69) is 15.1 Å². The molecule has 3 aromatic rings. The molecular formula is C23H24N4O3. The lowest BCUT2D eigenvalue weighted by Gasteiger charge is -2.20. The van der Waals surface area contributed by atoms with Gasteiger partial charge in [0.25, 0.3) is 0 Å². The monoisotopic (exact) mass is 404 g/mol. The smallest absolute Gasteiger partial charge is 0.338 e. The SMILES string of the molecule is CCOC(=O)c1ccc([C@H]2CCN(c3cc(-c4ccccc4O)nnc3N)C2)cc1. The number of esters is 1. The van der Waals surface area contributed by atoms with Crippen LogP contribution >= 0.6 is 0 Å². The fourth-order valence-corrected chi connectivity index (χ4v) is 3.82. The molecule has 2 heterocycles. The topological polar surface area (TPSA) is 102 Å². The van der Waals surface area contributed by atoms with Crippen molar-refractivity contribution in [1.29, 1.82) is 0 Å². The van der Waals surface area contributed by atoms with Gasteiger partial charge in [-0.25, -0.2) is 4.79 Å². The van der Waals surface area contributed by atoms with Gasteiger partial charge in [0.05, 0.1) is 23.6 Å². The third-order valence-corrected chi connectivity index (χ3v) is 5.40. The first kappa shape index (κ1) is 19.7. The average molecular weight is 404 g/mol. The Bertz CT molecular complexity index is 1050. The summed E-state index contributed by atoms with van der Waals surface area (Å²) in [4.78, 5) is 14.0. The van der Waals surface area contributed by atoms with E-state index in [1.807, 2.05) is 36.4 Å². The van der Waals surface area contributed by atoms with E-state index in [-0.39, 0.29) is 11.7 Å². The van der Waals surface area contributed by atoms with Crippen LogP contribution in [0.2, 0.25) is 0 Å². The Labute approximate surface area is 175 Å². The summed E-state index contributed by atoms with van der Waals surface area (Å²) in [5, 5.41) is 18.4. The molecule has 1 aliphatic rings. The summed E-state index contributed by atoms with van der Waals surface area (Å²) in [7, 11) is 0. The zero-order chi connectivity index (χ0) is 21.1. The van der Waals surface area contributed by atoms with Gasteiger partial charge < -0.3 is 20.5 Å². The molecule has 1 aromatic heterocycles. The van der Waals surface area contributed by atoms with Crippen LogP contribution < -0.4 is 10.6 Å². The van der Waals surface area contributed by atoms with Gasteiger partial charge in [-0.1, -0.05) is 24.3 Å². The van der Waals surface area contributed by atoms with Gasteiger partial charge in [0.1, 0.15) is 5.75 Å². The van der Waals surface area contributed by atoms with Gasteiger partial charge in [0.2, 0.25) is 0 Å². The van der Waals surface area contributed by atoms with Crippen LogP contribution in [0.25, 0.3) is 11.3 Å². The number of rotatable bonds is 5. The second-order valence-electron chi connectivity index (χ2n) is 7.29. The molecule has 1 saturated heterocycles. The maximum absolute atomic E-state index is 11.8. The van der Waals surface area contributed by atoms with Crippen LogP contribution in [0.5, 0.6) is 5.75 Å². The molecule has 0 spiro atoms. The Kier molecular flexibility index (Phi) is 5.52. The number of nitrogens with zero attached hydrogens (tertiary/aromatic N) is 3. The van der Waals surface area contributed by atoms with Crippen LogP contribution in [0.4, 0.5) is 11.5 Å². The molecule has 7 nitrogen and oxygen atoms in total. The lowest BCUT2D eigenvalue weighted by Crippen LogP contribution is -2.21. The molecule has 1 aliphatic heterocycles. The Morgan fingerprint density at radius 2 is 1.97 bits per heavy atom. The highest BCUT2D eigenvalue weighted by molar-refractivity contribution is 5.89. The molecule has 154 valence electrons. The van der Waals surface area contributed by atoms with Crippen molar-refractivity contribution < 1.29 is 14.6 Å². The van der Waals surface area contributed by atoms with Crippen LogP contribution in [-0.4, -0.2) is 41.0 Å². The van der Waals surface area contributed by atoms with E-state index in [9.17, 15) is 9.90 Å². The van der Waals surface area contributed by atoms with Gasteiger partial charge in [-0.15, -0.1) is 10.2 Å². The van der Waals surface area contributed by atoms with Gasteiger partial charge in [-0.2, -0.15) is 0 Å². The molecule has 4 rings (SSSR count). The maximum atomic E-state index is 11.8. The molecule has 0 amide bonds. The van der Waals surface area contributed by atoms with E-state index in [1.54, 1.807) is 25.1 Å². The summed E-state index contributed by atoms with van der Waals surface area (Å²) in [5.41, 5.74) is 9.87. The third kappa shape index (κ3) is 3.91. The van der Waals surface area contributed by atoms with E-state index in [0.29, 0.717) is 35.2 Å². The first-order valence-electron chi connectivity index (χ1n) is 10.0. The average Bonchev–Trinajstić information content (AvgIpc) is 3.25. The second-order valence-corrected chi connectivity index (χ2v) is 7.29. The first-order valence-corrected chi connectivity index (χ1v) is 10.0. The van der Waals surface area contributed by atoms with E-state index in [1.165, 1.54) is 5.56 Å². The van der Waals surface area contributed by atoms with E-state index in [4.69, 9.17) is 10.5 Å². The van der Waals surface area contributed by atoms with Crippen molar-refractivity contribution in [2.45, 2.75) is 19.3 Å². The normalized spacial score (nSPS) is 15.9. The van der Waals surface area contributed by atoms with Gasteiger partial charge in [-0.05, 0) is 49.2 Å². The summed E-state index contributed by atoms with van der Waals surface area (Å²) >= 11 is 0. The fourth-order valence-electron chi connectivity index (χ4n) is 3.82. The third-order valence-electron chi connectivity index (χ3n) is 5.40. The number of benzene rings is 2. The fraction of sp³-hybridized carbons (Fsp3) is 0.261. The predicted octanol–water partition coefficient (Wildman–Crippen LogP) is 3.60. The predicted molar refractivity (Wildman–Crippen MR) is 116 cm³/mol. The molecule has 0 radical (unpaired) electrons. The van der Waals surface area contributed by atoms with Crippen LogP contribution in [0, 0.1) is 0 Å². The number of para-hydroxylation sites is 1. The number of hydrogen-bond donors (Lipinski definition) is 2. The van der Waals surface area contributed by atoms with Gasteiger partial charge in [-0.3, -0.25) is 0 Å². The lowest BCUT2D eigenvalue weighted by atomic mass is 9.97. The number of phenols is 1. The van der Waals surface area contributed by atoms with Gasteiger partial charge in [0.15, 0.2) is 5.82 Å². The number of hydrogen-bond acceptors (Lipinski definition) is 7. The van der Waals surface area contributed by atoms with Crippen molar-refractivity contribution in [3.8, 4) is 17.0 Å². The van der Waals surface area contributed by atoms with Crippen molar-refractivity contribution in [2.75, 3.05) is 30.3 Å². The minimum Gasteiger partial charge on any atom is -0.507 e. The number of aromatic hydroxyl groups is 1. The van der Waals surface area contributed by atoms with Crippen molar-refractivity contribution in [3.63, 3.8) is 0 Å². The highest BCUT2D eigenvalue weighted by Crippen LogP contribution is 2.36. The van der Waals surface area contributed by atoms with Crippen LogP contribution in [0.15, 0.2) is 54.6 Å². The summed E-state index contributed by atoms with van der Waals surface area (Å²) < 4.78 is 5.05. The maximum Gasteiger partial charge on any atom is 0.338 e. The molecule has 1 fully saturated rings. The van der Waals surface area contributed by atoms with E-state index in [0.717, 1.165) is 25.2 Å². The van der Waals surface area contributed by atoms with Crippen LogP contribution in [0.1, 0.15) is 35.2 Å². The molecule has 0 saturated carbocycles. The Hall–Kier alpha value is -3.61. The minimum atomic E-state index is -0.301. The van der Waals surface area contributed by atoms with Crippen molar-refractivity contribution in [2.24, 2.45) is 0 Å². The van der Waals surface area contributed by atoms with E-state index < -0.39 is 0 Å². The highest BCUT2D eigenvalue weighted by Gasteiger charge is 2.26. The molecule has 3 N–H and O–H groups in total. The van der Waals surface area contributed by atoms with Gasteiger partial charge in [0, 0.05) is 24.6 Å². The molecule has 30 heavy (non-hydrogen) atoms. The zero-order valence-corrected chi connectivity index (χ0v) is 16.8. The number of nitrogens with two attached hydrogens (primary N) is 1. The van der Waals surface area contributed by atoms with Gasteiger partial charge >= 0.3 is 5.97 Å². The number of anilines is 2. The molecule has 2 aromatic carbocycles. The number of nitrogen functional groups attached to an aromatic ring is 1. The summed E-state index contributed by atoms with van der Waals surface area (Å²) in [6.07, 6.45) is 0.965. The zero-order valence-electron chi connectivity index (χ0n) is 16.8. The van der Waals surface area contributed by atoms with Crippen LogP contribution in [-0.2, 0) is 4.74 Å². The number of aromatic nitrogens is 2. The standard InChI is InChI=1S/C23H24N4O3/c1-2-30-23(29)16-9-7-15(8-10-16)17-11-12-27(14-17)20-13-19(25-26-22(20)24)18-5-3-4-6-21(18)28/h3-10,13,17,28H,2,11-12,14H2,1H3,(H2,24,26)/t17-/m0/s1. The number of ether oxygens (including phenoxy) is 1.